The maximum absolute atomic E-state index is 12.1. The summed E-state index contributed by atoms with van der Waals surface area (Å²) in [6, 6.07) is 7.35. The van der Waals surface area contributed by atoms with E-state index >= 15 is 0 Å². The summed E-state index contributed by atoms with van der Waals surface area (Å²) in [6.45, 7) is 1.55. The van der Waals surface area contributed by atoms with Crippen LogP contribution in [0, 0.1) is 0 Å². The van der Waals surface area contributed by atoms with Crippen LogP contribution in [0.1, 0.15) is 25.3 Å². The summed E-state index contributed by atoms with van der Waals surface area (Å²) in [5.74, 6) is -0.359. The highest BCUT2D eigenvalue weighted by Gasteiger charge is 2.21. The molecule has 0 radical (unpaired) electrons. The van der Waals surface area contributed by atoms with Crippen LogP contribution >= 0.6 is 12.2 Å². The number of nitrogens with one attached hydrogen (secondary N) is 3. The van der Waals surface area contributed by atoms with E-state index in [1.807, 2.05) is 30.5 Å². The van der Waals surface area contributed by atoms with Crippen molar-refractivity contribution in [1.29, 1.82) is 0 Å². The molecule has 7 heteroatoms. The van der Waals surface area contributed by atoms with Gasteiger partial charge in [-0.05, 0) is 32.0 Å². The highest BCUT2D eigenvalue weighted by molar-refractivity contribution is 7.80. The van der Waals surface area contributed by atoms with Crippen molar-refractivity contribution < 1.29 is 9.59 Å². The number of benzene rings is 1. The molecular weight excluding hydrogens is 336 g/mol. The van der Waals surface area contributed by atoms with E-state index in [0.29, 0.717) is 17.8 Å². The molecule has 0 saturated heterocycles. The fourth-order valence-electron chi connectivity index (χ4n) is 2.78. The predicted octanol–water partition coefficient (Wildman–Crippen LogP) is 1.44. The number of H-pyrrole nitrogens is 1. The Morgan fingerprint density at radius 1 is 1.28 bits per heavy atom. The topological polar surface area (TPSA) is 100 Å². The molecule has 1 heterocycles. The molecule has 2 rings (SSSR count). The second-order valence-corrected chi connectivity index (χ2v) is 6.52. The molecule has 0 aliphatic carbocycles. The van der Waals surface area contributed by atoms with Gasteiger partial charge in [0.1, 0.15) is 0 Å². The van der Waals surface area contributed by atoms with Gasteiger partial charge in [-0.25, -0.2) is 0 Å². The molecule has 5 N–H and O–H groups in total. The number of aromatic amines is 1. The summed E-state index contributed by atoms with van der Waals surface area (Å²) in [7, 11) is 1.77. The molecule has 0 aliphatic rings. The minimum absolute atomic E-state index is 0.0115. The van der Waals surface area contributed by atoms with E-state index in [-0.39, 0.29) is 24.2 Å². The Morgan fingerprint density at radius 3 is 2.64 bits per heavy atom. The van der Waals surface area contributed by atoms with Crippen LogP contribution in [-0.2, 0) is 16.0 Å². The lowest BCUT2D eigenvalue weighted by atomic mass is 10.0. The number of Topliss-reactive ketones (excluding diaryl/α,β-unsaturated/α-hetero) is 1. The first kappa shape index (κ1) is 19.1. The van der Waals surface area contributed by atoms with Crippen molar-refractivity contribution in [2.24, 2.45) is 5.73 Å². The van der Waals surface area contributed by atoms with Crippen molar-refractivity contribution in [3.05, 3.63) is 36.0 Å². The summed E-state index contributed by atoms with van der Waals surface area (Å²) in [4.78, 5) is 26.8. The number of para-hydroxylation sites is 1. The molecule has 25 heavy (non-hydrogen) atoms. The molecule has 134 valence electrons. The van der Waals surface area contributed by atoms with Gasteiger partial charge in [-0.2, -0.15) is 0 Å². The van der Waals surface area contributed by atoms with Gasteiger partial charge in [-0.15, -0.1) is 0 Å². The van der Waals surface area contributed by atoms with Crippen molar-refractivity contribution in [2.75, 3.05) is 7.05 Å². The third kappa shape index (κ3) is 5.11. The number of thiocarbonyl (C=S) groups is 1. The second-order valence-electron chi connectivity index (χ2n) is 6.08. The van der Waals surface area contributed by atoms with Crippen molar-refractivity contribution in [3.63, 3.8) is 0 Å². The Balaban J connectivity index is 2.08. The van der Waals surface area contributed by atoms with Crippen LogP contribution in [0.2, 0.25) is 0 Å². The minimum atomic E-state index is -0.420. The SMILES string of the molecule is CN[C@@H](CCC(N)=O)C(=S)N[C@@H](Cc1c[nH]c2ccccc12)C(C)=O. The minimum Gasteiger partial charge on any atom is -0.370 e. The van der Waals surface area contributed by atoms with Gasteiger partial charge in [0.25, 0.3) is 0 Å². The molecule has 1 amide bonds. The van der Waals surface area contributed by atoms with Crippen LogP contribution < -0.4 is 16.4 Å². The molecule has 0 fully saturated rings. The standard InChI is InChI=1S/C18H24N4O2S/c1-11(23)16(22-18(25)15(20-2)7-8-17(19)24)9-12-10-21-14-6-4-3-5-13(12)14/h3-6,10,15-16,20-21H,7-9H2,1-2H3,(H2,19,24)(H,22,25)/t15-,16-/m0/s1. The molecule has 0 unspecified atom stereocenters. The number of primary amides is 1. The van der Waals surface area contributed by atoms with E-state index in [9.17, 15) is 9.59 Å². The molecule has 2 aromatic rings. The Bertz CT molecular complexity index is 771. The van der Waals surface area contributed by atoms with Crippen molar-refractivity contribution in [3.8, 4) is 0 Å². The number of hydrogen-bond acceptors (Lipinski definition) is 4. The molecule has 0 bridgehead atoms. The largest absolute Gasteiger partial charge is 0.370 e. The van der Waals surface area contributed by atoms with Crippen LogP contribution in [0.15, 0.2) is 30.5 Å². The Kier molecular flexibility index (Phi) is 6.66. The fraction of sp³-hybridized carbons (Fsp3) is 0.389. The third-order valence-corrected chi connectivity index (χ3v) is 4.65. The highest BCUT2D eigenvalue weighted by Crippen LogP contribution is 2.19. The molecule has 2 atom stereocenters. The van der Waals surface area contributed by atoms with Gasteiger partial charge in [0.05, 0.1) is 17.1 Å². The van der Waals surface area contributed by atoms with E-state index < -0.39 is 6.04 Å². The molecule has 0 saturated carbocycles. The number of carbonyl (C=O) groups is 2. The first-order chi connectivity index (χ1) is 11.9. The van der Waals surface area contributed by atoms with Crippen LogP contribution in [0.3, 0.4) is 0 Å². The smallest absolute Gasteiger partial charge is 0.217 e. The number of nitrogens with two attached hydrogens (primary N) is 1. The van der Waals surface area contributed by atoms with Crippen molar-refractivity contribution in [2.45, 2.75) is 38.3 Å². The first-order valence-corrected chi connectivity index (χ1v) is 8.64. The zero-order valence-corrected chi connectivity index (χ0v) is 15.3. The normalized spacial score (nSPS) is 13.4. The van der Waals surface area contributed by atoms with Gasteiger partial charge in [0.15, 0.2) is 5.78 Å². The van der Waals surface area contributed by atoms with Crippen LogP contribution in [0.25, 0.3) is 10.9 Å². The van der Waals surface area contributed by atoms with E-state index in [1.54, 1.807) is 14.0 Å². The summed E-state index contributed by atoms with van der Waals surface area (Å²) in [6.07, 6.45) is 3.19. The maximum Gasteiger partial charge on any atom is 0.217 e. The van der Waals surface area contributed by atoms with Gasteiger partial charge in [0.2, 0.25) is 5.91 Å². The van der Waals surface area contributed by atoms with Gasteiger partial charge < -0.3 is 21.4 Å². The summed E-state index contributed by atoms with van der Waals surface area (Å²) in [5, 5.41) is 7.31. The Morgan fingerprint density at radius 2 is 2.00 bits per heavy atom. The van der Waals surface area contributed by atoms with Crippen LogP contribution in [0.4, 0.5) is 0 Å². The fourth-order valence-corrected chi connectivity index (χ4v) is 3.16. The summed E-state index contributed by atoms with van der Waals surface area (Å²) < 4.78 is 0. The number of hydrogen-bond donors (Lipinski definition) is 4. The Hall–Kier alpha value is -2.25. The molecule has 0 aliphatic heterocycles. The zero-order chi connectivity index (χ0) is 18.4. The van der Waals surface area contributed by atoms with Gasteiger partial charge in [-0.1, -0.05) is 30.4 Å². The number of rotatable bonds is 9. The number of ketones is 1. The monoisotopic (exact) mass is 360 g/mol. The third-order valence-electron chi connectivity index (χ3n) is 4.25. The maximum atomic E-state index is 12.1. The van der Waals surface area contributed by atoms with Crippen LogP contribution in [-0.4, -0.2) is 40.8 Å². The molecule has 1 aromatic carbocycles. The van der Waals surface area contributed by atoms with E-state index in [0.717, 1.165) is 16.5 Å². The van der Waals surface area contributed by atoms with Crippen LogP contribution in [0.5, 0.6) is 0 Å². The molecular formula is C18H24N4O2S. The second kappa shape index (κ2) is 8.73. The number of carbonyl (C=O) groups excluding carboxylic acids is 2. The van der Waals surface area contributed by atoms with E-state index in [4.69, 9.17) is 18.0 Å². The lowest BCUT2D eigenvalue weighted by Gasteiger charge is -2.23. The number of amides is 1. The van der Waals surface area contributed by atoms with Gasteiger partial charge in [-0.3, -0.25) is 9.59 Å². The molecule has 1 aromatic heterocycles. The van der Waals surface area contributed by atoms with Gasteiger partial charge >= 0.3 is 0 Å². The average Bonchev–Trinajstić information content (AvgIpc) is 2.97. The summed E-state index contributed by atoms with van der Waals surface area (Å²) >= 11 is 5.43. The lowest BCUT2D eigenvalue weighted by molar-refractivity contribution is -0.119. The molecule has 6 nitrogen and oxygen atoms in total. The highest BCUT2D eigenvalue weighted by atomic mass is 32.1. The predicted molar refractivity (Wildman–Crippen MR) is 103 cm³/mol. The summed E-state index contributed by atoms with van der Waals surface area (Å²) in [5.41, 5.74) is 7.30. The van der Waals surface area contributed by atoms with Crippen molar-refractivity contribution in [1.82, 2.24) is 15.6 Å². The average molecular weight is 360 g/mol. The van der Waals surface area contributed by atoms with E-state index in [1.165, 1.54) is 0 Å². The first-order valence-electron chi connectivity index (χ1n) is 8.23. The zero-order valence-electron chi connectivity index (χ0n) is 14.5. The molecule has 0 spiro atoms. The number of aromatic nitrogens is 1. The number of fused-ring (bicyclic) bond motifs is 1. The van der Waals surface area contributed by atoms with Gasteiger partial charge in [0, 0.05) is 29.9 Å². The quantitative estimate of drug-likeness (QED) is 0.507. The van der Waals surface area contributed by atoms with E-state index in [2.05, 4.69) is 15.6 Å². The number of likely N-dealkylation sites (N-methyl/N-ethyl adjacent to an activating group) is 1. The van der Waals surface area contributed by atoms with Crippen molar-refractivity contribution >= 4 is 39.8 Å². The lowest BCUT2D eigenvalue weighted by Crippen LogP contribution is -2.49. The Labute approximate surface area is 152 Å².